The highest BCUT2D eigenvalue weighted by atomic mass is 19.4. The molecule has 0 bridgehead atoms. The summed E-state index contributed by atoms with van der Waals surface area (Å²) in [6.45, 7) is -1.45. The molecule has 2 fully saturated rings. The molecule has 2 rings (SSSR count). The van der Waals surface area contributed by atoms with Gasteiger partial charge in [-0.25, -0.2) is 0 Å². The van der Waals surface area contributed by atoms with Crippen molar-refractivity contribution in [2.75, 3.05) is 19.6 Å². The molecule has 0 aromatic rings. The Morgan fingerprint density at radius 1 is 1.45 bits per heavy atom. The molecule has 1 aliphatic carbocycles. The van der Waals surface area contributed by atoms with E-state index in [9.17, 15) is 27.9 Å². The van der Waals surface area contributed by atoms with Gasteiger partial charge in [0.05, 0.1) is 11.5 Å². The topological polar surface area (TPSA) is 69.6 Å². The number of hydrogen-bond donors (Lipinski definition) is 2. The van der Waals surface area contributed by atoms with Crippen molar-refractivity contribution in [3.63, 3.8) is 0 Å². The van der Waals surface area contributed by atoms with Crippen LogP contribution in [0.1, 0.15) is 25.7 Å². The van der Waals surface area contributed by atoms with Gasteiger partial charge in [-0.3, -0.25) is 9.59 Å². The van der Waals surface area contributed by atoms with Gasteiger partial charge in [-0.15, -0.1) is 0 Å². The van der Waals surface area contributed by atoms with E-state index in [1.807, 2.05) is 0 Å². The molecule has 0 radical (unpaired) electrons. The van der Waals surface area contributed by atoms with E-state index < -0.39 is 36.1 Å². The zero-order valence-corrected chi connectivity index (χ0v) is 10.9. The molecule has 1 saturated heterocycles. The standard InChI is InChI=1S/C12H17F3N2O3/c13-12(14,15)7-17-5-8(4-9(17)18)10(19)16-6-11(20)2-1-3-11/h8,20H,1-7H2,(H,16,19). The third kappa shape index (κ3) is 3.62. The zero-order valence-electron chi connectivity index (χ0n) is 10.9. The molecule has 0 aromatic carbocycles. The van der Waals surface area contributed by atoms with E-state index in [-0.39, 0.29) is 19.5 Å². The van der Waals surface area contributed by atoms with Crippen LogP contribution in [0, 0.1) is 5.92 Å². The molecule has 8 heteroatoms. The van der Waals surface area contributed by atoms with E-state index in [2.05, 4.69) is 5.32 Å². The summed E-state index contributed by atoms with van der Waals surface area (Å²) >= 11 is 0. The fraction of sp³-hybridized carbons (Fsp3) is 0.833. The summed E-state index contributed by atoms with van der Waals surface area (Å²) in [5, 5.41) is 12.3. The predicted octanol–water partition coefficient (Wildman–Crippen LogP) is 0.428. The van der Waals surface area contributed by atoms with Crippen LogP contribution >= 0.6 is 0 Å². The maximum absolute atomic E-state index is 12.2. The first kappa shape index (κ1) is 15.1. The lowest BCUT2D eigenvalue weighted by atomic mass is 9.80. The van der Waals surface area contributed by atoms with E-state index in [4.69, 9.17) is 0 Å². The van der Waals surface area contributed by atoms with Crippen molar-refractivity contribution in [2.24, 2.45) is 5.92 Å². The van der Waals surface area contributed by atoms with Crippen LogP contribution in [0.5, 0.6) is 0 Å². The van der Waals surface area contributed by atoms with E-state index in [0.717, 1.165) is 6.42 Å². The molecule has 2 amide bonds. The summed E-state index contributed by atoms with van der Waals surface area (Å²) in [6.07, 6.45) is -2.55. The first-order valence-corrected chi connectivity index (χ1v) is 6.53. The van der Waals surface area contributed by atoms with Gasteiger partial charge in [-0.2, -0.15) is 13.2 Å². The van der Waals surface area contributed by atoms with E-state index in [1.54, 1.807) is 0 Å². The van der Waals surface area contributed by atoms with Crippen molar-refractivity contribution in [2.45, 2.75) is 37.5 Å². The monoisotopic (exact) mass is 294 g/mol. The Morgan fingerprint density at radius 2 is 2.10 bits per heavy atom. The Morgan fingerprint density at radius 3 is 2.60 bits per heavy atom. The number of rotatable bonds is 4. The van der Waals surface area contributed by atoms with Crippen molar-refractivity contribution in [1.82, 2.24) is 10.2 Å². The van der Waals surface area contributed by atoms with Crippen LogP contribution in [0.3, 0.4) is 0 Å². The second kappa shape index (κ2) is 5.23. The maximum Gasteiger partial charge on any atom is 0.406 e. The largest absolute Gasteiger partial charge is 0.406 e. The van der Waals surface area contributed by atoms with Gasteiger partial charge in [0.15, 0.2) is 0 Å². The summed E-state index contributed by atoms with van der Waals surface area (Å²) < 4.78 is 36.7. The Kier molecular flexibility index (Phi) is 3.95. The highest BCUT2D eigenvalue weighted by Gasteiger charge is 2.41. The number of halogens is 3. The van der Waals surface area contributed by atoms with Crippen LogP contribution in [-0.4, -0.2) is 53.2 Å². The van der Waals surface area contributed by atoms with Crippen molar-refractivity contribution in [1.29, 1.82) is 0 Å². The SMILES string of the molecule is O=C(NCC1(O)CCC1)C1CC(=O)N(CC(F)(F)F)C1. The number of carbonyl (C=O) groups is 2. The Bertz CT molecular complexity index is 407. The molecule has 114 valence electrons. The second-order valence-electron chi connectivity index (χ2n) is 5.59. The second-order valence-corrected chi connectivity index (χ2v) is 5.59. The maximum atomic E-state index is 12.2. The molecule has 0 aromatic heterocycles. The lowest BCUT2D eigenvalue weighted by Crippen LogP contribution is -2.49. The lowest BCUT2D eigenvalue weighted by Gasteiger charge is -2.36. The van der Waals surface area contributed by atoms with Crippen LogP contribution in [0.15, 0.2) is 0 Å². The average Bonchev–Trinajstić information content (AvgIpc) is 2.63. The van der Waals surface area contributed by atoms with Gasteiger partial charge in [0.2, 0.25) is 11.8 Å². The zero-order chi connectivity index (χ0) is 15.0. The van der Waals surface area contributed by atoms with Crippen molar-refractivity contribution in [3.05, 3.63) is 0 Å². The molecule has 2 N–H and O–H groups in total. The molecule has 1 heterocycles. The number of nitrogens with one attached hydrogen (secondary N) is 1. The number of alkyl halides is 3. The van der Waals surface area contributed by atoms with Crippen LogP contribution in [-0.2, 0) is 9.59 Å². The molecule has 1 unspecified atom stereocenters. The number of nitrogens with zero attached hydrogens (tertiary/aromatic N) is 1. The summed E-state index contributed by atoms with van der Waals surface area (Å²) in [4.78, 5) is 23.9. The van der Waals surface area contributed by atoms with Gasteiger partial charge in [0.25, 0.3) is 0 Å². The lowest BCUT2D eigenvalue weighted by molar-refractivity contribution is -0.157. The fourth-order valence-electron chi connectivity index (χ4n) is 2.47. The van der Waals surface area contributed by atoms with Gasteiger partial charge >= 0.3 is 6.18 Å². The molecule has 2 aliphatic rings. The summed E-state index contributed by atoms with van der Waals surface area (Å²) in [7, 11) is 0. The van der Waals surface area contributed by atoms with Gasteiger partial charge in [-0.05, 0) is 19.3 Å². The van der Waals surface area contributed by atoms with E-state index in [1.165, 1.54) is 0 Å². The fourth-order valence-corrected chi connectivity index (χ4v) is 2.47. The molecular weight excluding hydrogens is 277 g/mol. The number of likely N-dealkylation sites (tertiary alicyclic amines) is 1. The number of amides is 2. The molecule has 1 aliphatic heterocycles. The predicted molar refractivity (Wildman–Crippen MR) is 62.6 cm³/mol. The summed E-state index contributed by atoms with van der Waals surface area (Å²) in [5.41, 5.74) is -0.885. The van der Waals surface area contributed by atoms with Crippen LogP contribution in [0.2, 0.25) is 0 Å². The van der Waals surface area contributed by atoms with Gasteiger partial charge in [0, 0.05) is 19.5 Å². The number of carbonyl (C=O) groups excluding carboxylic acids is 2. The van der Waals surface area contributed by atoms with E-state index in [0.29, 0.717) is 17.7 Å². The Hall–Kier alpha value is -1.31. The van der Waals surface area contributed by atoms with Gasteiger partial charge in [0.1, 0.15) is 6.54 Å². The van der Waals surface area contributed by atoms with Gasteiger partial charge < -0.3 is 15.3 Å². The summed E-state index contributed by atoms with van der Waals surface area (Å²) in [5.74, 6) is -1.90. The first-order valence-electron chi connectivity index (χ1n) is 6.53. The Labute approximate surface area is 114 Å². The van der Waals surface area contributed by atoms with Crippen LogP contribution < -0.4 is 5.32 Å². The Balaban J connectivity index is 1.81. The van der Waals surface area contributed by atoms with Crippen LogP contribution in [0.4, 0.5) is 13.2 Å². The summed E-state index contributed by atoms with van der Waals surface area (Å²) in [6, 6.07) is 0. The molecule has 5 nitrogen and oxygen atoms in total. The van der Waals surface area contributed by atoms with Crippen molar-refractivity contribution < 1.29 is 27.9 Å². The third-order valence-electron chi connectivity index (χ3n) is 3.83. The molecule has 0 spiro atoms. The minimum Gasteiger partial charge on any atom is -0.388 e. The first-order chi connectivity index (χ1) is 9.19. The highest BCUT2D eigenvalue weighted by Crippen LogP contribution is 2.31. The van der Waals surface area contributed by atoms with Crippen LogP contribution in [0.25, 0.3) is 0 Å². The normalized spacial score (nSPS) is 25.5. The molecule has 1 atom stereocenters. The van der Waals surface area contributed by atoms with Gasteiger partial charge in [-0.1, -0.05) is 0 Å². The van der Waals surface area contributed by atoms with Crippen molar-refractivity contribution in [3.8, 4) is 0 Å². The van der Waals surface area contributed by atoms with Crippen molar-refractivity contribution >= 4 is 11.8 Å². The minimum absolute atomic E-state index is 0.0931. The average molecular weight is 294 g/mol. The molecule has 1 saturated carbocycles. The highest BCUT2D eigenvalue weighted by molar-refractivity contribution is 5.89. The quantitative estimate of drug-likeness (QED) is 0.790. The number of hydrogen-bond acceptors (Lipinski definition) is 3. The third-order valence-corrected chi connectivity index (χ3v) is 3.83. The molecule has 20 heavy (non-hydrogen) atoms. The smallest absolute Gasteiger partial charge is 0.388 e. The number of aliphatic hydroxyl groups is 1. The van der Waals surface area contributed by atoms with E-state index >= 15 is 0 Å². The molecular formula is C12H17F3N2O3. The minimum atomic E-state index is -4.46.